The number of nitrogens with two attached hydrogens (primary N) is 1. The van der Waals surface area contributed by atoms with Gasteiger partial charge in [0.15, 0.2) is 11.5 Å². The minimum absolute atomic E-state index is 0.0351. The summed E-state index contributed by atoms with van der Waals surface area (Å²) in [5, 5.41) is 18.6. The Balaban J connectivity index is 1.50. The number of carbonyl (C=O) groups excluding carboxylic acids is 1. The number of hydrazone groups is 1. The first-order valence-electron chi connectivity index (χ1n) is 7.42. The average Bonchev–Trinajstić information content (AvgIpc) is 3.32. The largest absolute Gasteiger partial charge is 0.378 e. The normalized spacial score (nSPS) is 11.4. The molecule has 1 aromatic carbocycles. The topological polar surface area (TPSA) is 166 Å². The van der Waals surface area contributed by atoms with E-state index in [1.54, 1.807) is 6.92 Å². The number of hydrogen-bond acceptors (Lipinski definition) is 9. The summed E-state index contributed by atoms with van der Waals surface area (Å²) in [6.45, 7) is 1.63. The van der Waals surface area contributed by atoms with Gasteiger partial charge in [0.05, 0.1) is 22.9 Å². The zero-order chi connectivity index (χ0) is 18.1. The molecule has 0 aliphatic heterocycles. The molecule has 4 N–H and O–H groups in total. The van der Waals surface area contributed by atoms with E-state index in [2.05, 4.69) is 45.7 Å². The summed E-state index contributed by atoms with van der Waals surface area (Å²) < 4.78 is 5.77. The van der Waals surface area contributed by atoms with E-state index in [9.17, 15) is 4.79 Å². The maximum absolute atomic E-state index is 12.2. The van der Waals surface area contributed by atoms with E-state index in [0.29, 0.717) is 11.5 Å². The lowest BCUT2D eigenvalue weighted by molar-refractivity contribution is 0.0949. The van der Waals surface area contributed by atoms with Crippen molar-refractivity contribution < 1.29 is 9.42 Å². The van der Waals surface area contributed by atoms with Crippen molar-refractivity contribution in [3.8, 4) is 5.82 Å². The Morgan fingerprint density at radius 3 is 3.00 bits per heavy atom. The second kappa shape index (κ2) is 6.08. The molecule has 4 aromatic rings. The van der Waals surface area contributed by atoms with E-state index in [0.717, 1.165) is 11.0 Å². The first-order valence-corrected chi connectivity index (χ1v) is 7.42. The average molecular weight is 352 g/mol. The number of hydrogen-bond donors (Lipinski definition) is 3. The van der Waals surface area contributed by atoms with Gasteiger partial charge >= 0.3 is 0 Å². The lowest BCUT2D eigenvalue weighted by Gasteiger charge is -1.98. The highest BCUT2D eigenvalue weighted by atomic mass is 16.6. The molecule has 0 aliphatic rings. The molecule has 0 radical (unpaired) electrons. The van der Waals surface area contributed by atoms with Gasteiger partial charge in [-0.05, 0) is 29.4 Å². The second-order valence-corrected chi connectivity index (χ2v) is 5.25. The number of amides is 1. The number of benzene rings is 1. The number of aromatic amines is 1. The van der Waals surface area contributed by atoms with Crippen molar-refractivity contribution >= 4 is 29.0 Å². The number of H-pyrrole nitrogens is 1. The lowest BCUT2D eigenvalue weighted by Crippen LogP contribution is -2.19. The van der Waals surface area contributed by atoms with Crippen molar-refractivity contribution in [2.75, 3.05) is 5.73 Å². The van der Waals surface area contributed by atoms with Crippen LogP contribution < -0.4 is 11.2 Å². The van der Waals surface area contributed by atoms with Crippen molar-refractivity contribution in [3.05, 3.63) is 41.5 Å². The SMILES string of the molecule is Cc1c(C(=O)N/N=C\c2nc3ccccc3[nH]2)nnn1-c1nonc1N. The van der Waals surface area contributed by atoms with Crippen molar-refractivity contribution in [1.29, 1.82) is 0 Å². The molecule has 0 spiro atoms. The van der Waals surface area contributed by atoms with Crippen LogP contribution in [-0.4, -0.2) is 47.4 Å². The number of rotatable bonds is 4. The summed E-state index contributed by atoms with van der Waals surface area (Å²) in [6.07, 6.45) is 1.40. The number of nitrogen functional groups attached to an aromatic ring is 1. The Kier molecular flexibility index (Phi) is 3.61. The fourth-order valence-electron chi connectivity index (χ4n) is 2.32. The molecule has 1 amide bonds. The highest BCUT2D eigenvalue weighted by Crippen LogP contribution is 2.14. The van der Waals surface area contributed by atoms with Gasteiger partial charge in [-0.3, -0.25) is 4.79 Å². The molecular weight excluding hydrogens is 340 g/mol. The monoisotopic (exact) mass is 352 g/mol. The Morgan fingerprint density at radius 2 is 2.23 bits per heavy atom. The molecule has 0 saturated heterocycles. The third-order valence-corrected chi connectivity index (χ3v) is 3.57. The van der Waals surface area contributed by atoms with Crippen LogP contribution in [0.4, 0.5) is 5.82 Å². The van der Waals surface area contributed by atoms with E-state index in [1.807, 2.05) is 24.3 Å². The van der Waals surface area contributed by atoms with E-state index in [4.69, 9.17) is 5.73 Å². The number of nitrogens with one attached hydrogen (secondary N) is 2. The molecule has 0 atom stereocenters. The smallest absolute Gasteiger partial charge is 0.293 e. The maximum atomic E-state index is 12.2. The number of nitrogens with zero attached hydrogens (tertiary/aromatic N) is 7. The fourth-order valence-corrected chi connectivity index (χ4v) is 2.32. The minimum atomic E-state index is -0.545. The van der Waals surface area contributed by atoms with Gasteiger partial charge in [0, 0.05) is 0 Å². The van der Waals surface area contributed by atoms with Crippen LogP contribution >= 0.6 is 0 Å². The number of aromatic nitrogens is 7. The zero-order valence-electron chi connectivity index (χ0n) is 13.4. The number of carbonyl (C=O) groups is 1. The summed E-state index contributed by atoms with van der Waals surface area (Å²) >= 11 is 0. The predicted octanol–water partition coefficient (Wildman–Crippen LogP) is 0.181. The van der Waals surface area contributed by atoms with Crippen LogP contribution in [0.2, 0.25) is 0 Å². The molecular formula is C14H12N10O2. The fraction of sp³-hybridized carbons (Fsp3) is 0.0714. The van der Waals surface area contributed by atoms with E-state index in [1.165, 1.54) is 10.9 Å². The molecule has 0 aliphatic carbocycles. The van der Waals surface area contributed by atoms with E-state index < -0.39 is 5.91 Å². The third-order valence-electron chi connectivity index (χ3n) is 3.57. The molecule has 4 rings (SSSR count). The molecule has 3 aromatic heterocycles. The van der Waals surface area contributed by atoms with Crippen molar-refractivity contribution in [1.82, 2.24) is 40.7 Å². The minimum Gasteiger partial charge on any atom is -0.378 e. The summed E-state index contributed by atoms with van der Waals surface area (Å²) in [7, 11) is 0. The molecule has 130 valence electrons. The molecule has 0 saturated carbocycles. The van der Waals surface area contributed by atoms with Gasteiger partial charge in [0.2, 0.25) is 11.6 Å². The van der Waals surface area contributed by atoms with Gasteiger partial charge in [-0.25, -0.2) is 15.0 Å². The molecule has 12 nitrogen and oxygen atoms in total. The first-order chi connectivity index (χ1) is 12.6. The van der Waals surface area contributed by atoms with Crippen molar-refractivity contribution in [2.45, 2.75) is 6.92 Å². The molecule has 0 fully saturated rings. The van der Waals surface area contributed by atoms with Gasteiger partial charge in [-0.1, -0.05) is 17.3 Å². The van der Waals surface area contributed by atoms with Crippen LogP contribution in [0.15, 0.2) is 34.0 Å². The summed E-state index contributed by atoms with van der Waals surface area (Å²) in [5.74, 6) is 0.150. The first kappa shape index (κ1) is 15.4. The zero-order valence-corrected chi connectivity index (χ0v) is 13.4. The molecule has 3 heterocycles. The Hall–Kier alpha value is -4.09. The summed E-state index contributed by atoms with van der Waals surface area (Å²) in [6, 6.07) is 7.54. The summed E-state index contributed by atoms with van der Waals surface area (Å²) in [4.78, 5) is 19.6. The lowest BCUT2D eigenvalue weighted by atomic mass is 10.3. The maximum Gasteiger partial charge on any atom is 0.293 e. The van der Waals surface area contributed by atoms with Gasteiger partial charge in [-0.15, -0.1) is 5.10 Å². The molecule has 0 bridgehead atoms. The van der Waals surface area contributed by atoms with Gasteiger partial charge in [0.25, 0.3) is 5.91 Å². The second-order valence-electron chi connectivity index (χ2n) is 5.25. The number of imidazole rings is 1. The van der Waals surface area contributed by atoms with Crippen molar-refractivity contribution in [2.24, 2.45) is 5.10 Å². The number of anilines is 1. The van der Waals surface area contributed by atoms with Crippen LogP contribution in [0, 0.1) is 6.92 Å². The van der Waals surface area contributed by atoms with Crippen LogP contribution in [0.1, 0.15) is 22.0 Å². The van der Waals surface area contributed by atoms with Crippen LogP contribution in [0.5, 0.6) is 0 Å². The van der Waals surface area contributed by atoms with E-state index in [-0.39, 0.29) is 17.3 Å². The quantitative estimate of drug-likeness (QED) is 0.345. The predicted molar refractivity (Wildman–Crippen MR) is 89.5 cm³/mol. The number of para-hydroxylation sites is 2. The van der Waals surface area contributed by atoms with Crippen molar-refractivity contribution in [3.63, 3.8) is 0 Å². The molecule has 0 unspecified atom stereocenters. The molecule has 12 heteroatoms. The number of fused-ring (bicyclic) bond motifs is 1. The van der Waals surface area contributed by atoms with Crippen LogP contribution in [0.25, 0.3) is 16.9 Å². The Bertz CT molecular complexity index is 1090. The third kappa shape index (κ3) is 2.64. The summed E-state index contributed by atoms with van der Waals surface area (Å²) in [5.41, 5.74) is 10.1. The van der Waals surface area contributed by atoms with Gasteiger partial charge in [-0.2, -0.15) is 9.78 Å². The van der Waals surface area contributed by atoms with Gasteiger partial charge in [0.1, 0.15) is 0 Å². The van der Waals surface area contributed by atoms with Crippen LogP contribution in [0.3, 0.4) is 0 Å². The Morgan fingerprint density at radius 1 is 1.38 bits per heavy atom. The highest BCUT2D eigenvalue weighted by molar-refractivity contribution is 5.94. The Labute approximate surface area is 145 Å². The van der Waals surface area contributed by atoms with Gasteiger partial charge < -0.3 is 10.7 Å². The standard InChI is InChI=1S/C14H12N10O2/c1-7-11(19-23-24(7)13-12(15)21-26-22-13)14(25)20-16-6-10-17-8-4-2-3-5-9(8)18-10/h2-6H,1H3,(H2,15,21)(H,17,18)(H,20,25)/b16-6-. The van der Waals surface area contributed by atoms with E-state index >= 15 is 0 Å². The highest BCUT2D eigenvalue weighted by Gasteiger charge is 2.20. The molecule has 26 heavy (non-hydrogen) atoms. The van der Waals surface area contributed by atoms with Crippen LogP contribution in [-0.2, 0) is 0 Å².